The van der Waals surface area contributed by atoms with E-state index in [2.05, 4.69) is 44.4 Å². The molecular formula is C26H18N4. The van der Waals surface area contributed by atoms with Crippen molar-refractivity contribution in [1.82, 2.24) is 20.2 Å². The molecule has 0 bridgehead atoms. The Morgan fingerprint density at radius 3 is 1.17 bits per heavy atom. The van der Waals surface area contributed by atoms with Gasteiger partial charge in [0.05, 0.1) is 11.4 Å². The topological polar surface area (TPSA) is 51.6 Å². The summed E-state index contributed by atoms with van der Waals surface area (Å²) in [6, 6.07) is 32.2. The summed E-state index contributed by atoms with van der Waals surface area (Å²) in [5, 5.41) is 9.27. The molecule has 0 spiro atoms. The third-order valence-corrected chi connectivity index (χ3v) is 4.91. The Labute approximate surface area is 175 Å². The Hall–Kier alpha value is -4.18. The van der Waals surface area contributed by atoms with Gasteiger partial charge in [0.1, 0.15) is 11.4 Å². The van der Waals surface area contributed by atoms with Crippen molar-refractivity contribution in [3.8, 4) is 45.0 Å². The summed E-state index contributed by atoms with van der Waals surface area (Å²) in [5.41, 5.74) is 7.18. The van der Waals surface area contributed by atoms with Gasteiger partial charge < -0.3 is 0 Å². The van der Waals surface area contributed by atoms with Crippen LogP contribution in [0, 0.1) is 0 Å². The molecule has 0 atom stereocenters. The van der Waals surface area contributed by atoms with Gasteiger partial charge in [0.2, 0.25) is 0 Å². The molecule has 0 aliphatic rings. The lowest BCUT2D eigenvalue weighted by molar-refractivity contribution is 1.03. The van der Waals surface area contributed by atoms with Crippen LogP contribution in [0.3, 0.4) is 0 Å². The summed E-state index contributed by atoms with van der Waals surface area (Å²) >= 11 is 0. The van der Waals surface area contributed by atoms with Crippen LogP contribution in [-0.2, 0) is 0 Å². The molecule has 0 amide bonds. The predicted molar refractivity (Wildman–Crippen MR) is 119 cm³/mol. The highest BCUT2D eigenvalue weighted by Gasteiger charge is 2.22. The van der Waals surface area contributed by atoms with Gasteiger partial charge in [-0.15, -0.1) is 10.2 Å². The van der Waals surface area contributed by atoms with Crippen molar-refractivity contribution in [3.63, 3.8) is 0 Å². The molecule has 4 heteroatoms. The van der Waals surface area contributed by atoms with Crippen LogP contribution in [0.25, 0.3) is 45.0 Å². The molecule has 0 saturated carbocycles. The Bertz CT molecular complexity index is 1150. The molecule has 142 valence electrons. The van der Waals surface area contributed by atoms with E-state index in [1.54, 1.807) is 12.4 Å². The van der Waals surface area contributed by atoms with Crippen molar-refractivity contribution >= 4 is 0 Å². The van der Waals surface area contributed by atoms with Crippen molar-refractivity contribution in [2.75, 3.05) is 0 Å². The fourth-order valence-corrected chi connectivity index (χ4v) is 3.57. The summed E-state index contributed by atoms with van der Waals surface area (Å²) in [6.45, 7) is 0. The maximum absolute atomic E-state index is 4.64. The Morgan fingerprint density at radius 1 is 0.400 bits per heavy atom. The molecular weight excluding hydrogens is 368 g/mol. The second-order valence-electron chi connectivity index (χ2n) is 6.81. The third kappa shape index (κ3) is 3.35. The van der Waals surface area contributed by atoms with Crippen LogP contribution in [0.5, 0.6) is 0 Å². The Balaban J connectivity index is 1.91. The van der Waals surface area contributed by atoms with E-state index in [1.165, 1.54) is 0 Å². The van der Waals surface area contributed by atoms with E-state index in [4.69, 9.17) is 0 Å². The molecule has 0 aliphatic heterocycles. The van der Waals surface area contributed by atoms with Crippen LogP contribution in [0.15, 0.2) is 109 Å². The quantitative estimate of drug-likeness (QED) is 0.384. The molecule has 5 rings (SSSR count). The molecule has 0 saturated heterocycles. The van der Waals surface area contributed by atoms with Crippen LogP contribution in [0.4, 0.5) is 0 Å². The van der Waals surface area contributed by atoms with Crippen molar-refractivity contribution in [2.24, 2.45) is 0 Å². The van der Waals surface area contributed by atoms with Crippen molar-refractivity contribution in [1.29, 1.82) is 0 Å². The molecule has 3 heterocycles. The van der Waals surface area contributed by atoms with Gasteiger partial charge in [-0.2, -0.15) is 0 Å². The third-order valence-electron chi connectivity index (χ3n) is 4.91. The lowest BCUT2D eigenvalue weighted by Gasteiger charge is -2.17. The number of hydrogen-bond acceptors (Lipinski definition) is 4. The van der Waals surface area contributed by atoms with Gasteiger partial charge in [-0.3, -0.25) is 9.97 Å². The molecule has 5 aromatic rings. The fourth-order valence-electron chi connectivity index (χ4n) is 3.57. The van der Waals surface area contributed by atoms with Crippen LogP contribution in [0.1, 0.15) is 0 Å². The van der Waals surface area contributed by atoms with Gasteiger partial charge >= 0.3 is 0 Å². The van der Waals surface area contributed by atoms with Gasteiger partial charge in [-0.25, -0.2) is 0 Å². The number of rotatable bonds is 4. The summed E-state index contributed by atoms with van der Waals surface area (Å²) in [7, 11) is 0. The van der Waals surface area contributed by atoms with Crippen molar-refractivity contribution in [2.45, 2.75) is 0 Å². The second kappa shape index (κ2) is 8.05. The van der Waals surface area contributed by atoms with Gasteiger partial charge in [0.25, 0.3) is 0 Å². The largest absolute Gasteiger partial charge is 0.255 e. The Morgan fingerprint density at radius 2 is 0.800 bits per heavy atom. The Kier molecular flexibility index (Phi) is 4.80. The summed E-state index contributed by atoms with van der Waals surface area (Å²) in [4.78, 5) is 9.11. The van der Waals surface area contributed by atoms with E-state index < -0.39 is 0 Å². The first-order chi connectivity index (χ1) is 14.9. The van der Waals surface area contributed by atoms with Crippen LogP contribution in [0.2, 0.25) is 0 Å². The highest BCUT2D eigenvalue weighted by molar-refractivity contribution is 5.97. The molecule has 0 radical (unpaired) electrons. The molecule has 4 nitrogen and oxygen atoms in total. The smallest absolute Gasteiger partial charge is 0.120 e. The average Bonchev–Trinajstić information content (AvgIpc) is 2.85. The van der Waals surface area contributed by atoms with Gasteiger partial charge in [-0.1, -0.05) is 72.8 Å². The van der Waals surface area contributed by atoms with E-state index in [0.29, 0.717) is 0 Å². The number of pyridine rings is 2. The summed E-state index contributed by atoms with van der Waals surface area (Å²) < 4.78 is 0. The zero-order chi connectivity index (χ0) is 20.2. The molecule has 0 aliphatic carbocycles. The minimum Gasteiger partial charge on any atom is -0.255 e. The number of benzene rings is 2. The predicted octanol–water partition coefficient (Wildman–Crippen LogP) is 5.93. The number of nitrogens with zero attached hydrogens (tertiary/aromatic N) is 4. The van der Waals surface area contributed by atoms with Gasteiger partial charge in [-0.05, 0) is 35.4 Å². The fraction of sp³-hybridized carbons (Fsp3) is 0. The first-order valence-corrected chi connectivity index (χ1v) is 9.76. The molecule has 0 unspecified atom stereocenters. The second-order valence-corrected chi connectivity index (χ2v) is 6.81. The van der Waals surface area contributed by atoms with Crippen LogP contribution < -0.4 is 0 Å². The number of hydrogen-bond donors (Lipinski definition) is 0. The normalized spacial score (nSPS) is 10.7. The molecule has 2 aromatic carbocycles. The first kappa shape index (κ1) is 17.9. The van der Waals surface area contributed by atoms with Crippen molar-refractivity contribution < 1.29 is 0 Å². The molecule has 30 heavy (non-hydrogen) atoms. The minimum absolute atomic E-state index is 0.750. The first-order valence-electron chi connectivity index (χ1n) is 9.76. The van der Waals surface area contributed by atoms with E-state index in [0.717, 1.165) is 45.0 Å². The maximum atomic E-state index is 4.64. The molecule has 0 fully saturated rings. The van der Waals surface area contributed by atoms with Crippen LogP contribution >= 0.6 is 0 Å². The zero-order valence-electron chi connectivity index (χ0n) is 16.2. The van der Waals surface area contributed by atoms with E-state index in [-0.39, 0.29) is 0 Å². The summed E-state index contributed by atoms with van der Waals surface area (Å²) in [5.74, 6) is 0. The van der Waals surface area contributed by atoms with Gasteiger partial charge in [0, 0.05) is 23.5 Å². The average molecular weight is 386 g/mol. The van der Waals surface area contributed by atoms with E-state index in [9.17, 15) is 0 Å². The SMILES string of the molecule is c1ccc(-c2c(-c3ccccn3)nnc(-c3ccccn3)c2-c2ccccc2)cc1. The standard InChI is InChI=1S/C26H18N4/c1-3-11-19(12-4-1)23-24(20-13-5-2-6-14-20)26(22-16-8-10-18-28-22)30-29-25(23)21-15-7-9-17-27-21/h1-18H. The minimum atomic E-state index is 0.750. The highest BCUT2D eigenvalue weighted by atomic mass is 15.1. The van der Waals surface area contributed by atoms with Gasteiger partial charge in [0.15, 0.2) is 0 Å². The molecule has 0 N–H and O–H groups in total. The lowest BCUT2D eigenvalue weighted by atomic mass is 9.90. The zero-order valence-corrected chi connectivity index (χ0v) is 16.2. The maximum Gasteiger partial charge on any atom is 0.120 e. The van der Waals surface area contributed by atoms with Crippen molar-refractivity contribution in [3.05, 3.63) is 109 Å². The summed E-state index contributed by atoms with van der Waals surface area (Å²) in [6.07, 6.45) is 3.56. The lowest BCUT2D eigenvalue weighted by Crippen LogP contribution is -2.02. The number of aromatic nitrogens is 4. The highest BCUT2D eigenvalue weighted by Crippen LogP contribution is 2.42. The molecule has 3 aromatic heterocycles. The van der Waals surface area contributed by atoms with E-state index in [1.807, 2.05) is 72.8 Å². The van der Waals surface area contributed by atoms with Crippen LogP contribution in [-0.4, -0.2) is 20.2 Å². The monoisotopic (exact) mass is 386 g/mol. The van der Waals surface area contributed by atoms with E-state index >= 15 is 0 Å².